The number of thioether (sulfide) groups is 1. The number of aromatic carboxylic acids is 1. The number of rotatable bonds is 4. The molecule has 2 aromatic rings. The highest BCUT2D eigenvalue weighted by molar-refractivity contribution is 7.99. The summed E-state index contributed by atoms with van der Waals surface area (Å²) in [7, 11) is 0. The second kappa shape index (κ2) is 5.83. The van der Waals surface area contributed by atoms with Crippen LogP contribution in [0.5, 0.6) is 0 Å². The van der Waals surface area contributed by atoms with Gasteiger partial charge in [-0.1, -0.05) is 0 Å². The molecule has 0 aliphatic rings. The molecule has 5 nitrogen and oxygen atoms in total. The summed E-state index contributed by atoms with van der Waals surface area (Å²) >= 11 is 2.72. The third kappa shape index (κ3) is 2.99. The maximum absolute atomic E-state index is 11.0. The Morgan fingerprint density at radius 2 is 2.06 bits per heavy atom. The van der Waals surface area contributed by atoms with E-state index in [0.29, 0.717) is 10.1 Å². The SMILES string of the molecule is CSc1cc(Sc2ncccc2C(=O)O)ncn1. The predicted molar refractivity (Wildman–Crippen MR) is 69.1 cm³/mol. The van der Waals surface area contributed by atoms with Gasteiger partial charge in [0.15, 0.2) is 0 Å². The van der Waals surface area contributed by atoms with Gasteiger partial charge < -0.3 is 5.11 Å². The Morgan fingerprint density at radius 1 is 1.28 bits per heavy atom. The van der Waals surface area contributed by atoms with Gasteiger partial charge in [0.2, 0.25) is 0 Å². The highest BCUT2D eigenvalue weighted by atomic mass is 32.2. The highest BCUT2D eigenvalue weighted by Crippen LogP contribution is 2.28. The van der Waals surface area contributed by atoms with E-state index in [9.17, 15) is 4.79 Å². The summed E-state index contributed by atoms with van der Waals surface area (Å²) in [6.45, 7) is 0. The first-order chi connectivity index (χ1) is 8.70. The third-order valence-corrected chi connectivity index (χ3v) is 3.62. The molecular formula is C11H9N3O2S2. The van der Waals surface area contributed by atoms with E-state index in [1.807, 2.05) is 6.26 Å². The minimum absolute atomic E-state index is 0.173. The van der Waals surface area contributed by atoms with Gasteiger partial charge in [0.1, 0.15) is 21.4 Å². The molecule has 0 aliphatic heterocycles. The van der Waals surface area contributed by atoms with Gasteiger partial charge in [-0.05, 0) is 30.2 Å². The molecular weight excluding hydrogens is 270 g/mol. The first kappa shape index (κ1) is 12.8. The van der Waals surface area contributed by atoms with Crippen molar-refractivity contribution in [1.82, 2.24) is 15.0 Å². The fourth-order valence-corrected chi connectivity index (χ4v) is 2.53. The molecule has 2 heterocycles. The fourth-order valence-electron chi connectivity index (χ4n) is 1.22. The number of hydrogen-bond donors (Lipinski definition) is 1. The summed E-state index contributed by atoms with van der Waals surface area (Å²) in [5.41, 5.74) is 0.173. The standard InChI is InChI=1S/C11H9N3O2S2/c1-17-8-5-9(14-6-13-8)18-10-7(11(15)16)3-2-4-12-10/h2-6H,1H3,(H,15,16). The van der Waals surface area contributed by atoms with Crippen LogP contribution in [0.2, 0.25) is 0 Å². The monoisotopic (exact) mass is 279 g/mol. The van der Waals surface area contributed by atoms with Crippen molar-refractivity contribution in [2.45, 2.75) is 15.1 Å². The lowest BCUT2D eigenvalue weighted by Crippen LogP contribution is -2.00. The quantitative estimate of drug-likeness (QED) is 0.680. The number of nitrogens with zero attached hydrogens (tertiary/aromatic N) is 3. The van der Waals surface area contributed by atoms with Gasteiger partial charge in [-0.3, -0.25) is 0 Å². The van der Waals surface area contributed by atoms with Crippen LogP contribution in [0.3, 0.4) is 0 Å². The summed E-state index contributed by atoms with van der Waals surface area (Å²) in [5, 5.41) is 11.0. The zero-order chi connectivity index (χ0) is 13.0. The van der Waals surface area contributed by atoms with Gasteiger partial charge in [-0.25, -0.2) is 19.7 Å². The average molecular weight is 279 g/mol. The van der Waals surface area contributed by atoms with Crippen LogP contribution in [-0.4, -0.2) is 32.3 Å². The van der Waals surface area contributed by atoms with Crippen LogP contribution in [0.15, 0.2) is 45.8 Å². The van der Waals surface area contributed by atoms with Crippen molar-refractivity contribution >= 4 is 29.5 Å². The number of hydrogen-bond acceptors (Lipinski definition) is 6. The van der Waals surface area contributed by atoms with E-state index >= 15 is 0 Å². The molecule has 0 bridgehead atoms. The van der Waals surface area contributed by atoms with E-state index in [-0.39, 0.29) is 5.56 Å². The Balaban J connectivity index is 2.31. The second-order valence-electron chi connectivity index (χ2n) is 3.16. The summed E-state index contributed by atoms with van der Waals surface area (Å²) in [6.07, 6.45) is 4.93. The minimum atomic E-state index is -0.996. The second-order valence-corrected chi connectivity index (χ2v) is 5.00. The normalized spacial score (nSPS) is 10.3. The Hall–Kier alpha value is -1.60. The van der Waals surface area contributed by atoms with Crippen LogP contribution in [-0.2, 0) is 0 Å². The molecule has 18 heavy (non-hydrogen) atoms. The van der Waals surface area contributed by atoms with E-state index < -0.39 is 5.97 Å². The van der Waals surface area contributed by atoms with Crippen LogP contribution in [0, 0.1) is 0 Å². The first-order valence-electron chi connectivity index (χ1n) is 4.93. The van der Waals surface area contributed by atoms with E-state index in [1.54, 1.807) is 18.3 Å². The van der Waals surface area contributed by atoms with Gasteiger partial charge in [-0.15, -0.1) is 11.8 Å². The lowest BCUT2D eigenvalue weighted by atomic mass is 10.3. The van der Waals surface area contributed by atoms with E-state index in [1.165, 1.54) is 35.9 Å². The summed E-state index contributed by atoms with van der Waals surface area (Å²) < 4.78 is 0. The van der Waals surface area contributed by atoms with Crippen LogP contribution < -0.4 is 0 Å². The third-order valence-electron chi connectivity index (χ3n) is 2.03. The van der Waals surface area contributed by atoms with E-state index in [2.05, 4.69) is 15.0 Å². The minimum Gasteiger partial charge on any atom is -0.478 e. The van der Waals surface area contributed by atoms with Gasteiger partial charge >= 0.3 is 5.97 Å². The summed E-state index contributed by atoms with van der Waals surface area (Å²) in [5.74, 6) is -0.996. The summed E-state index contributed by atoms with van der Waals surface area (Å²) in [4.78, 5) is 23.3. The van der Waals surface area contributed by atoms with Crippen molar-refractivity contribution in [3.8, 4) is 0 Å². The smallest absolute Gasteiger partial charge is 0.338 e. The number of aromatic nitrogens is 3. The average Bonchev–Trinajstić information content (AvgIpc) is 2.39. The van der Waals surface area contributed by atoms with Crippen LogP contribution in [0.1, 0.15) is 10.4 Å². The maximum Gasteiger partial charge on any atom is 0.338 e. The molecule has 0 fully saturated rings. The molecule has 0 aromatic carbocycles. The van der Waals surface area contributed by atoms with Crippen molar-refractivity contribution in [3.05, 3.63) is 36.3 Å². The molecule has 0 unspecified atom stereocenters. The van der Waals surface area contributed by atoms with Crippen molar-refractivity contribution in [2.24, 2.45) is 0 Å². The predicted octanol–water partition coefficient (Wildman–Crippen LogP) is 2.44. The lowest BCUT2D eigenvalue weighted by Gasteiger charge is -2.04. The Labute approximate surface area is 112 Å². The molecule has 0 amide bonds. The number of carboxylic acid groups (broad SMARTS) is 1. The van der Waals surface area contributed by atoms with Crippen molar-refractivity contribution in [3.63, 3.8) is 0 Å². The molecule has 0 atom stereocenters. The fraction of sp³-hybridized carbons (Fsp3) is 0.0909. The van der Waals surface area contributed by atoms with Crippen molar-refractivity contribution < 1.29 is 9.90 Å². The van der Waals surface area contributed by atoms with Crippen molar-refractivity contribution in [1.29, 1.82) is 0 Å². The maximum atomic E-state index is 11.0. The van der Waals surface area contributed by atoms with Gasteiger partial charge in [0.25, 0.3) is 0 Å². The largest absolute Gasteiger partial charge is 0.478 e. The number of pyridine rings is 1. The van der Waals surface area contributed by atoms with Gasteiger partial charge in [0.05, 0.1) is 5.56 Å². The van der Waals surface area contributed by atoms with Gasteiger partial charge in [-0.2, -0.15) is 0 Å². The molecule has 92 valence electrons. The Morgan fingerprint density at radius 3 is 2.78 bits per heavy atom. The number of carboxylic acids is 1. The first-order valence-corrected chi connectivity index (χ1v) is 6.97. The molecule has 0 aliphatic carbocycles. The van der Waals surface area contributed by atoms with Gasteiger partial charge in [0, 0.05) is 12.3 Å². The molecule has 1 N–H and O–H groups in total. The van der Waals surface area contributed by atoms with Crippen molar-refractivity contribution in [2.75, 3.05) is 6.26 Å². The van der Waals surface area contributed by atoms with Crippen LogP contribution in [0.25, 0.3) is 0 Å². The lowest BCUT2D eigenvalue weighted by molar-refractivity contribution is 0.0692. The molecule has 2 aromatic heterocycles. The van der Waals surface area contributed by atoms with E-state index in [0.717, 1.165) is 5.03 Å². The zero-order valence-electron chi connectivity index (χ0n) is 9.40. The molecule has 7 heteroatoms. The Kier molecular flexibility index (Phi) is 4.16. The Bertz CT molecular complexity index is 578. The van der Waals surface area contributed by atoms with Crippen LogP contribution >= 0.6 is 23.5 Å². The zero-order valence-corrected chi connectivity index (χ0v) is 11.0. The highest BCUT2D eigenvalue weighted by Gasteiger charge is 2.12. The molecule has 0 saturated carbocycles. The molecule has 2 rings (SSSR count). The number of carbonyl (C=O) groups is 1. The molecule has 0 saturated heterocycles. The molecule has 0 radical (unpaired) electrons. The molecule has 0 spiro atoms. The topological polar surface area (TPSA) is 76.0 Å². The summed E-state index contributed by atoms with van der Waals surface area (Å²) in [6, 6.07) is 4.92. The van der Waals surface area contributed by atoms with E-state index in [4.69, 9.17) is 5.11 Å². The van der Waals surface area contributed by atoms with Crippen LogP contribution in [0.4, 0.5) is 0 Å².